The molecular formula is C14H22N2O4. The second kappa shape index (κ2) is 7.40. The van der Waals surface area contributed by atoms with Gasteiger partial charge in [0.2, 0.25) is 0 Å². The van der Waals surface area contributed by atoms with Crippen molar-refractivity contribution in [1.82, 2.24) is 9.78 Å². The van der Waals surface area contributed by atoms with Crippen LogP contribution in [0.4, 0.5) is 0 Å². The van der Waals surface area contributed by atoms with Gasteiger partial charge in [0.25, 0.3) is 0 Å². The minimum atomic E-state index is -0.407. The van der Waals surface area contributed by atoms with E-state index in [2.05, 4.69) is 9.84 Å². The van der Waals surface area contributed by atoms with Gasteiger partial charge in [-0.05, 0) is 31.7 Å². The second-order valence-corrected chi connectivity index (χ2v) is 4.76. The Morgan fingerprint density at radius 1 is 1.55 bits per heavy atom. The maximum Gasteiger partial charge on any atom is 0.358 e. The number of hydrogen-bond acceptors (Lipinski definition) is 5. The summed E-state index contributed by atoms with van der Waals surface area (Å²) < 4.78 is 17.7. The maximum atomic E-state index is 11.5. The monoisotopic (exact) mass is 282 g/mol. The topological polar surface area (TPSA) is 62.6 Å². The zero-order valence-corrected chi connectivity index (χ0v) is 12.1. The smallest absolute Gasteiger partial charge is 0.358 e. The number of nitrogens with zero attached hydrogens (tertiary/aromatic N) is 2. The van der Waals surface area contributed by atoms with E-state index in [0.717, 1.165) is 38.0 Å². The lowest BCUT2D eigenvalue weighted by Crippen LogP contribution is -2.24. The molecule has 0 saturated carbocycles. The summed E-state index contributed by atoms with van der Waals surface area (Å²) in [7, 11) is 1.36. The first-order valence-corrected chi connectivity index (χ1v) is 7.12. The highest BCUT2D eigenvalue weighted by Gasteiger charge is 2.16. The van der Waals surface area contributed by atoms with Gasteiger partial charge in [-0.1, -0.05) is 6.92 Å². The molecule has 20 heavy (non-hydrogen) atoms. The molecule has 0 aliphatic carbocycles. The maximum absolute atomic E-state index is 11.5. The van der Waals surface area contributed by atoms with Crippen molar-refractivity contribution >= 4 is 5.97 Å². The molecule has 6 heteroatoms. The first kappa shape index (κ1) is 15.0. The fourth-order valence-electron chi connectivity index (χ4n) is 2.25. The lowest BCUT2D eigenvalue weighted by Gasteiger charge is -2.22. The fraction of sp³-hybridized carbons (Fsp3) is 0.714. The number of carbonyl (C=O) groups excluding carboxylic acids is 1. The summed E-state index contributed by atoms with van der Waals surface area (Å²) in [4.78, 5) is 11.5. The van der Waals surface area contributed by atoms with Crippen molar-refractivity contribution < 1.29 is 19.0 Å². The first-order chi connectivity index (χ1) is 9.74. The average Bonchev–Trinajstić information content (AvgIpc) is 2.91. The predicted molar refractivity (Wildman–Crippen MR) is 72.5 cm³/mol. The van der Waals surface area contributed by atoms with E-state index >= 15 is 0 Å². The van der Waals surface area contributed by atoms with E-state index in [0.29, 0.717) is 18.8 Å². The van der Waals surface area contributed by atoms with Gasteiger partial charge in [0.05, 0.1) is 20.3 Å². The number of esters is 1. The average molecular weight is 282 g/mol. The number of aromatic nitrogens is 2. The Labute approximate surface area is 119 Å². The summed E-state index contributed by atoms with van der Waals surface area (Å²) in [6.45, 7) is 3.94. The molecule has 1 aliphatic heterocycles. The van der Waals surface area contributed by atoms with Gasteiger partial charge >= 0.3 is 5.97 Å². The molecule has 1 aromatic rings. The van der Waals surface area contributed by atoms with Crippen molar-refractivity contribution in [3.05, 3.63) is 17.5 Å². The molecule has 0 radical (unpaired) electrons. The minimum Gasteiger partial charge on any atom is -0.464 e. The minimum absolute atomic E-state index is 0.0931. The Morgan fingerprint density at radius 3 is 3.05 bits per heavy atom. The van der Waals surface area contributed by atoms with Crippen LogP contribution in [0.1, 0.15) is 42.4 Å². The van der Waals surface area contributed by atoms with Gasteiger partial charge < -0.3 is 14.2 Å². The molecule has 0 aromatic carbocycles. The normalized spacial score (nSPS) is 19.0. The number of hydrogen-bond donors (Lipinski definition) is 0. The molecular weight excluding hydrogens is 260 g/mol. The van der Waals surface area contributed by atoms with Crippen LogP contribution in [0.25, 0.3) is 0 Å². The Hall–Kier alpha value is -1.40. The lowest BCUT2D eigenvalue weighted by atomic mass is 10.2. The Balaban J connectivity index is 1.87. The lowest BCUT2D eigenvalue weighted by molar-refractivity contribution is -0.163. The standard InChI is InChI=1S/C14H22N2O4/c1-3-11-10-12(14(17)18-2)15-16(11)7-9-20-13-6-4-5-8-19-13/h10,13H,3-9H2,1-2H3. The fourth-order valence-corrected chi connectivity index (χ4v) is 2.25. The van der Waals surface area contributed by atoms with Gasteiger partial charge in [-0.2, -0.15) is 5.10 Å². The van der Waals surface area contributed by atoms with E-state index < -0.39 is 5.97 Å². The van der Waals surface area contributed by atoms with Crippen LogP contribution in [0.5, 0.6) is 0 Å². The van der Waals surface area contributed by atoms with Gasteiger partial charge in [-0.3, -0.25) is 4.68 Å². The molecule has 1 saturated heterocycles. The SMILES string of the molecule is CCc1cc(C(=O)OC)nn1CCOC1CCCCO1. The van der Waals surface area contributed by atoms with Gasteiger partial charge in [0.15, 0.2) is 12.0 Å². The van der Waals surface area contributed by atoms with E-state index in [4.69, 9.17) is 9.47 Å². The number of ether oxygens (including phenoxy) is 3. The third kappa shape index (κ3) is 3.80. The molecule has 1 aromatic heterocycles. The summed E-state index contributed by atoms with van der Waals surface area (Å²) in [6, 6.07) is 1.77. The van der Waals surface area contributed by atoms with Crippen molar-refractivity contribution in [1.29, 1.82) is 0 Å². The largest absolute Gasteiger partial charge is 0.464 e. The van der Waals surface area contributed by atoms with Crippen LogP contribution in [0.2, 0.25) is 0 Å². The van der Waals surface area contributed by atoms with Gasteiger partial charge in [0.1, 0.15) is 0 Å². The van der Waals surface area contributed by atoms with Crippen LogP contribution < -0.4 is 0 Å². The summed E-state index contributed by atoms with van der Waals surface area (Å²) in [5, 5.41) is 4.26. The quantitative estimate of drug-likeness (QED) is 0.744. The molecule has 0 spiro atoms. The van der Waals surface area contributed by atoms with Crippen LogP contribution in [-0.2, 0) is 27.2 Å². The van der Waals surface area contributed by atoms with E-state index in [9.17, 15) is 4.79 Å². The van der Waals surface area contributed by atoms with Crippen LogP contribution in [0, 0.1) is 0 Å². The first-order valence-electron chi connectivity index (χ1n) is 7.12. The van der Waals surface area contributed by atoms with Crippen molar-refractivity contribution in [2.24, 2.45) is 0 Å². The molecule has 0 N–H and O–H groups in total. The van der Waals surface area contributed by atoms with Crippen LogP contribution in [0.15, 0.2) is 6.07 Å². The highest BCUT2D eigenvalue weighted by Crippen LogP contribution is 2.14. The van der Waals surface area contributed by atoms with Crippen LogP contribution in [-0.4, -0.2) is 42.4 Å². The van der Waals surface area contributed by atoms with Gasteiger partial charge in [-0.15, -0.1) is 0 Å². The van der Waals surface area contributed by atoms with Crippen molar-refractivity contribution in [2.75, 3.05) is 20.3 Å². The molecule has 1 unspecified atom stereocenters. The molecule has 1 aliphatic rings. The molecule has 0 bridgehead atoms. The number of carbonyl (C=O) groups is 1. The van der Waals surface area contributed by atoms with E-state index in [1.165, 1.54) is 7.11 Å². The second-order valence-electron chi connectivity index (χ2n) is 4.76. The Bertz CT molecular complexity index is 438. The van der Waals surface area contributed by atoms with Crippen LogP contribution >= 0.6 is 0 Å². The molecule has 2 rings (SSSR count). The highest BCUT2D eigenvalue weighted by atomic mass is 16.7. The Kier molecular flexibility index (Phi) is 5.55. The molecule has 1 fully saturated rings. The third-order valence-corrected chi connectivity index (χ3v) is 3.36. The zero-order chi connectivity index (χ0) is 14.4. The summed E-state index contributed by atoms with van der Waals surface area (Å²) >= 11 is 0. The molecule has 112 valence electrons. The predicted octanol–water partition coefficient (Wildman–Crippen LogP) is 1.78. The molecule has 2 heterocycles. The molecule has 0 amide bonds. The van der Waals surface area contributed by atoms with Gasteiger partial charge in [0, 0.05) is 12.3 Å². The van der Waals surface area contributed by atoms with Gasteiger partial charge in [-0.25, -0.2) is 4.79 Å². The highest BCUT2D eigenvalue weighted by molar-refractivity contribution is 5.87. The van der Waals surface area contributed by atoms with Crippen molar-refractivity contribution in [3.8, 4) is 0 Å². The molecule has 6 nitrogen and oxygen atoms in total. The summed E-state index contributed by atoms with van der Waals surface area (Å²) in [5.41, 5.74) is 1.34. The van der Waals surface area contributed by atoms with E-state index in [1.807, 2.05) is 6.92 Å². The van der Waals surface area contributed by atoms with Crippen molar-refractivity contribution in [3.63, 3.8) is 0 Å². The van der Waals surface area contributed by atoms with Crippen LogP contribution in [0.3, 0.4) is 0 Å². The number of aryl methyl sites for hydroxylation is 1. The third-order valence-electron chi connectivity index (χ3n) is 3.36. The van der Waals surface area contributed by atoms with Crippen molar-refractivity contribution in [2.45, 2.75) is 45.4 Å². The summed E-state index contributed by atoms with van der Waals surface area (Å²) in [5.74, 6) is -0.407. The zero-order valence-electron chi connectivity index (χ0n) is 12.1. The summed E-state index contributed by atoms with van der Waals surface area (Å²) in [6.07, 6.45) is 3.93. The van der Waals surface area contributed by atoms with E-state index in [-0.39, 0.29) is 6.29 Å². The molecule has 1 atom stereocenters. The number of rotatable bonds is 6. The number of methoxy groups -OCH3 is 1. The Morgan fingerprint density at radius 2 is 2.40 bits per heavy atom. The van der Waals surface area contributed by atoms with E-state index in [1.54, 1.807) is 10.7 Å².